The average Bonchev–Trinajstić information content (AvgIpc) is 2.39. The van der Waals surface area contributed by atoms with E-state index in [0.717, 1.165) is 11.4 Å². The molecule has 4 nitrogen and oxygen atoms in total. The maximum Gasteiger partial charge on any atom is 0.236 e. The van der Waals surface area contributed by atoms with Crippen LogP contribution in [-0.4, -0.2) is 20.0 Å². The minimum atomic E-state index is -0.527. The van der Waals surface area contributed by atoms with Crippen molar-refractivity contribution in [1.29, 1.82) is 0 Å². The number of halogens is 1. The van der Waals surface area contributed by atoms with Crippen LogP contribution >= 0.6 is 15.9 Å². The van der Waals surface area contributed by atoms with Gasteiger partial charge >= 0.3 is 0 Å². The van der Waals surface area contributed by atoms with Crippen molar-refractivity contribution in [2.75, 3.05) is 0 Å². The summed E-state index contributed by atoms with van der Waals surface area (Å²) < 4.78 is 1.25. The van der Waals surface area contributed by atoms with Gasteiger partial charge in [-0.25, -0.2) is 0 Å². The first-order valence-electron chi connectivity index (χ1n) is 4.77. The summed E-state index contributed by atoms with van der Waals surface area (Å²) >= 11 is 3.31. The second-order valence-electron chi connectivity index (χ2n) is 4.06. The molecule has 1 N–H and O–H groups in total. The third-order valence-electron chi connectivity index (χ3n) is 2.07. The van der Waals surface area contributed by atoms with Gasteiger partial charge in [-0.3, -0.25) is 9.48 Å². The number of hydrogen-bond donors (Lipinski definition) is 1. The fraction of sp³-hybridized carbons (Fsp3) is 0.600. The minimum absolute atomic E-state index is 0.0265. The average molecular weight is 274 g/mol. The topological polar surface area (TPSA) is 46.9 Å². The Morgan fingerprint density at radius 3 is 2.67 bits per heavy atom. The zero-order chi connectivity index (χ0) is 11.6. The molecule has 0 aliphatic carbocycles. The van der Waals surface area contributed by atoms with Crippen molar-refractivity contribution in [2.24, 2.45) is 7.05 Å². The number of carbonyl (C=O) groups is 1. The maximum atomic E-state index is 11.6. The molecule has 0 aliphatic rings. The molecule has 15 heavy (non-hydrogen) atoms. The molecule has 1 aromatic heterocycles. The molecular weight excluding hydrogens is 258 g/mol. The van der Waals surface area contributed by atoms with Gasteiger partial charge in [-0.1, -0.05) is 15.9 Å². The molecule has 0 radical (unpaired) electrons. The fourth-order valence-corrected chi connectivity index (χ4v) is 1.35. The smallest absolute Gasteiger partial charge is 0.236 e. The van der Waals surface area contributed by atoms with Crippen LogP contribution in [-0.2, 0) is 18.4 Å². The lowest BCUT2D eigenvalue weighted by molar-refractivity contribution is -0.122. The number of aryl methyl sites for hydroxylation is 2. The molecule has 0 aromatic carbocycles. The zero-order valence-electron chi connectivity index (χ0n) is 9.47. The number of amides is 1. The molecular formula is C10H16BrN3O. The molecule has 84 valence electrons. The molecule has 0 atom stereocenters. The second kappa shape index (κ2) is 4.35. The number of nitrogens with zero attached hydrogens (tertiary/aromatic N) is 2. The van der Waals surface area contributed by atoms with Gasteiger partial charge in [0.1, 0.15) is 0 Å². The number of alkyl halides is 1. The standard InChI is InChI=1S/C10H16BrN3O/c1-7-5-8(14(4)13-7)6-12-9(15)10(2,3)11/h5H,6H2,1-4H3,(H,12,15). The van der Waals surface area contributed by atoms with Gasteiger partial charge in [-0.05, 0) is 26.8 Å². The lowest BCUT2D eigenvalue weighted by Gasteiger charge is -2.15. The van der Waals surface area contributed by atoms with Crippen molar-refractivity contribution < 1.29 is 4.79 Å². The summed E-state index contributed by atoms with van der Waals surface area (Å²) in [5.74, 6) is -0.0265. The van der Waals surface area contributed by atoms with Crippen molar-refractivity contribution in [3.63, 3.8) is 0 Å². The monoisotopic (exact) mass is 273 g/mol. The first-order valence-corrected chi connectivity index (χ1v) is 5.56. The van der Waals surface area contributed by atoms with E-state index in [4.69, 9.17) is 0 Å². The number of rotatable bonds is 3. The SMILES string of the molecule is Cc1cc(CNC(=O)C(C)(C)Br)n(C)n1. The molecule has 0 unspecified atom stereocenters. The summed E-state index contributed by atoms with van der Waals surface area (Å²) in [5.41, 5.74) is 1.96. The number of hydrogen-bond acceptors (Lipinski definition) is 2. The molecule has 0 fully saturated rings. The first kappa shape index (κ1) is 12.2. The molecule has 1 amide bonds. The van der Waals surface area contributed by atoms with Crippen molar-refractivity contribution in [3.05, 3.63) is 17.5 Å². The van der Waals surface area contributed by atoms with Crippen molar-refractivity contribution in [2.45, 2.75) is 31.6 Å². The Morgan fingerprint density at radius 2 is 2.27 bits per heavy atom. The summed E-state index contributed by atoms with van der Waals surface area (Å²) in [6.45, 7) is 6.07. The van der Waals surface area contributed by atoms with Crippen LogP contribution in [0.15, 0.2) is 6.07 Å². The summed E-state index contributed by atoms with van der Waals surface area (Å²) in [6.07, 6.45) is 0. The molecule has 0 bridgehead atoms. The molecule has 0 spiro atoms. The quantitative estimate of drug-likeness (QED) is 0.849. The summed E-state index contributed by atoms with van der Waals surface area (Å²) in [4.78, 5) is 11.6. The summed E-state index contributed by atoms with van der Waals surface area (Å²) in [5, 5.41) is 7.05. The van der Waals surface area contributed by atoms with Crippen molar-refractivity contribution >= 4 is 21.8 Å². The minimum Gasteiger partial charge on any atom is -0.349 e. The van der Waals surface area contributed by atoms with E-state index in [-0.39, 0.29) is 5.91 Å². The van der Waals surface area contributed by atoms with E-state index >= 15 is 0 Å². The predicted molar refractivity (Wildman–Crippen MR) is 62.8 cm³/mol. The fourth-order valence-electron chi connectivity index (χ4n) is 1.21. The van der Waals surface area contributed by atoms with Gasteiger partial charge < -0.3 is 5.32 Å². The largest absolute Gasteiger partial charge is 0.349 e. The Balaban J connectivity index is 2.58. The van der Waals surface area contributed by atoms with Crippen LogP contribution in [0, 0.1) is 6.92 Å². The Hall–Kier alpha value is -0.840. The van der Waals surface area contributed by atoms with Crippen LogP contribution in [0.5, 0.6) is 0 Å². The summed E-state index contributed by atoms with van der Waals surface area (Å²) in [6, 6.07) is 1.96. The van der Waals surface area contributed by atoms with Crippen molar-refractivity contribution in [1.82, 2.24) is 15.1 Å². The lowest BCUT2D eigenvalue weighted by atomic mass is 10.2. The Bertz CT molecular complexity index is 365. The normalized spacial score (nSPS) is 11.5. The highest BCUT2D eigenvalue weighted by molar-refractivity contribution is 9.10. The zero-order valence-corrected chi connectivity index (χ0v) is 11.1. The summed E-state index contributed by atoms with van der Waals surface area (Å²) in [7, 11) is 1.87. The van der Waals surface area contributed by atoms with Crippen LogP contribution in [0.2, 0.25) is 0 Å². The van der Waals surface area contributed by atoms with Crippen LogP contribution in [0.4, 0.5) is 0 Å². The van der Waals surface area contributed by atoms with Crippen LogP contribution < -0.4 is 5.32 Å². The van der Waals surface area contributed by atoms with E-state index in [0.29, 0.717) is 6.54 Å². The Labute approximate surface area is 98.2 Å². The van der Waals surface area contributed by atoms with Crippen LogP contribution in [0.25, 0.3) is 0 Å². The Kier molecular flexibility index (Phi) is 3.54. The highest BCUT2D eigenvalue weighted by Gasteiger charge is 2.23. The maximum absolute atomic E-state index is 11.6. The number of carbonyl (C=O) groups excluding carboxylic acids is 1. The van der Waals surface area contributed by atoms with Gasteiger partial charge in [0.2, 0.25) is 5.91 Å². The lowest BCUT2D eigenvalue weighted by Crippen LogP contribution is -2.37. The molecule has 0 saturated heterocycles. The van der Waals surface area contributed by atoms with E-state index in [2.05, 4.69) is 26.3 Å². The van der Waals surface area contributed by atoms with E-state index in [9.17, 15) is 4.79 Å². The molecule has 0 aliphatic heterocycles. The van der Waals surface area contributed by atoms with Gasteiger partial charge in [0.25, 0.3) is 0 Å². The third kappa shape index (κ3) is 3.34. The molecule has 5 heteroatoms. The third-order valence-corrected chi connectivity index (χ3v) is 2.43. The highest BCUT2D eigenvalue weighted by atomic mass is 79.9. The van der Waals surface area contributed by atoms with E-state index in [1.165, 1.54) is 0 Å². The molecule has 1 aromatic rings. The van der Waals surface area contributed by atoms with Gasteiger partial charge in [-0.15, -0.1) is 0 Å². The van der Waals surface area contributed by atoms with E-state index < -0.39 is 4.32 Å². The second-order valence-corrected chi connectivity index (χ2v) is 6.04. The van der Waals surface area contributed by atoms with Crippen LogP contribution in [0.1, 0.15) is 25.2 Å². The van der Waals surface area contributed by atoms with Crippen LogP contribution in [0.3, 0.4) is 0 Å². The van der Waals surface area contributed by atoms with Gasteiger partial charge in [-0.2, -0.15) is 5.10 Å². The molecule has 1 rings (SSSR count). The van der Waals surface area contributed by atoms with Gasteiger partial charge in [0, 0.05) is 7.05 Å². The first-order chi connectivity index (χ1) is 6.80. The number of nitrogens with one attached hydrogen (secondary N) is 1. The van der Waals surface area contributed by atoms with Gasteiger partial charge in [0.15, 0.2) is 0 Å². The van der Waals surface area contributed by atoms with Crippen molar-refractivity contribution in [3.8, 4) is 0 Å². The van der Waals surface area contributed by atoms with E-state index in [1.54, 1.807) is 4.68 Å². The Morgan fingerprint density at radius 1 is 1.67 bits per heavy atom. The molecule has 0 saturated carbocycles. The predicted octanol–water partition coefficient (Wildman–Crippen LogP) is 1.52. The highest BCUT2D eigenvalue weighted by Crippen LogP contribution is 2.15. The van der Waals surface area contributed by atoms with E-state index in [1.807, 2.05) is 33.9 Å². The van der Waals surface area contributed by atoms with Gasteiger partial charge in [0.05, 0.1) is 22.3 Å². The molecule has 1 heterocycles. The number of aromatic nitrogens is 2.